The molecule has 0 aliphatic heterocycles. The molecule has 0 aromatic heterocycles. The summed E-state index contributed by atoms with van der Waals surface area (Å²) >= 11 is 1.83. The van der Waals surface area contributed by atoms with Crippen molar-refractivity contribution in [2.24, 2.45) is 0 Å². The quantitative estimate of drug-likeness (QED) is 0.579. The highest BCUT2D eigenvalue weighted by Gasteiger charge is 2.05. The molecule has 0 aliphatic rings. The van der Waals surface area contributed by atoms with Gasteiger partial charge in [0.2, 0.25) is 0 Å². The number of thioether (sulfide) groups is 1. The molecular weight excluding hydrogens is 244 g/mol. The predicted octanol–water partition coefficient (Wildman–Crippen LogP) is 3.98. The topological polar surface area (TPSA) is 18.5 Å². The molecule has 0 saturated heterocycles. The number of hydrogen-bond acceptors (Lipinski definition) is 3. The van der Waals surface area contributed by atoms with E-state index in [1.165, 1.54) is 15.7 Å². The number of hydrogen-bond donors (Lipinski definition) is 0. The summed E-state index contributed by atoms with van der Waals surface area (Å²) in [6.07, 6.45) is 0. The van der Waals surface area contributed by atoms with Gasteiger partial charge in [0.15, 0.2) is 0 Å². The Morgan fingerprint density at radius 2 is 1.83 bits per heavy atom. The van der Waals surface area contributed by atoms with Gasteiger partial charge in [-0.3, -0.25) is 0 Å². The lowest BCUT2D eigenvalue weighted by atomic mass is 10.1. The second-order valence-corrected chi connectivity index (χ2v) is 4.99. The van der Waals surface area contributed by atoms with Crippen LogP contribution in [0.5, 0.6) is 5.75 Å². The van der Waals surface area contributed by atoms with Crippen LogP contribution in [0.15, 0.2) is 41.3 Å². The second kappa shape index (κ2) is 6.66. The summed E-state index contributed by atoms with van der Waals surface area (Å²) in [6, 6.07) is 12.5. The molecule has 96 valence electrons. The first-order valence-corrected chi connectivity index (χ1v) is 7.11. The first kappa shape index (κ1) is 13.2. The smallest absolute Gasteiger partial charge is 0.126 e. The van der Waals surface area contributed by atoms with Crippen LogP contribution in [0.3, 0.4) is 0 Å². The van der Waals surface area contributed by atoms with Crippen molar-refractivity contribution in [1.29, 1.82) is 0 Å². The van der Waals surface area contributed by atoms with Gasteiger partial charge >= 0.3 is 0 Å². The Balaban J connectivity index is 2.23. The number of fused-ring (bicyclic) bond motifs is 1. The van der Waals surface area contributed by atoms with Gasteiger partial charge in [0, 0.05) is 22.6 Å². The van der Waals surface area contributed by atoms with Gasteiger partial charge in [-0.25, -0.2) is 0 Å². The molecule has 0 N–H and O–H groups in total. The van der Waals surface area contributed by atoms with E-state index >= 15 is 0 Å². The van der Waals surface area contributed by atoms with Crippen LogP contribution >= 0.6 is 11.8 Å². The van der Waals surface area contributed by atoms with Gasteiger partial charge in [-0.1, -0.05) is 24.3 Å². The highest BCUT2D eigenvalue weighted by molar-refractivity contribution is 7.99. The molecule has 0 unspecified atom stereocenters. The monoisotopic (exact) mass is 262 g/mol. The third-order valence-electron chi connectivity index (χ3n) is 2.75. The molecule has 0 aliphatic carbocycles. The maximum absolute atomic E-state index is 5.39. The van der Waals surface area contributed by atoms with Gasteiger partial charge in [-0.15, -0.1) is 11.8 Å². The third kappa shape index (κ3) is 2.98. The van der Waals surface area contributed by atoms with E-state index in [4.69, 9.17) is 9.47 Å². The molecule has 2 aromatic rings. The van der Waals surface area contributed by atoms with E-state index in [0.29, 0.717) is 0 Å². The van der Waals surface area contributed by atoms with E-state index in [9.17, 15) is 0 Å². The van der Waals surface area contributed by atoms with Gasteiger partial charge in [-0.05, 0) is 24.4 Å². The summed E-state index contributed by atoms with van der Waals surface area (Å²) in [5.74, 6) is 1.91. The van der Waals surface area contributed by atoms with E-state index in [0.717, 1.165) is 24.7 Å². The van der Waals surface area contributed by atoms with Gasteiger partial charge in [0.1, 0.15) is 5.75 Å². The molecule has 2 rings (SSSR count). The van der Waals surface area contributed by atoms with E-state index in [1.807, 2.05) is 30.8 Å². The molecule has 18 heavy (non-hydrogen) atoms. The van der Waals surface area contributed by atoms with Gasteiger partial charge in [0.05, 0.1) is 13.7 Å². The second-order valence-electron chi connectivity index (χ2n) is 3.86. The average molecular weight is 262 g/mol. The van der Waals surface area contributed by atoms with Gasteiger partial charge in [-0.2, -0.15) is 0 Å². The largest absolute Gasteiger partial charge is 0.496 e. The fraction of sp³-hybridized carbons (Fsp3) is 0.333. The lowest BCUT2D eigenvalue weighted by Crippen LogP contribution is -1.96. The minimum Gasteiger partial charge on any atom is -0.496 e. The first-order chi connectivity index (χ1) is 8.86. The van der Waals surface area contributed by atoms with Crippen molar-refractivity contribution in [3.05, 3.63) is 36.4 Å². The Morgan fingerprint density at radius 1 is 1.06 bits per heavy atom. The lowest BCUT2D eigenvalue weighted by molar-refractivity contribution is 0.164. The van der Waals surface area contributed by atoms with Crippen molar-refractivity contribution in [3.8, 4) is 5.75 Å². The molecule has 0 spiro atoms. The fourth-order valence-corrected chi connectivity index (χ4v) is 2.82. The molecule has 0 heterocycles. The standard InChI is InChI=1S/C15H18O2S/c1-3-17-10-11-18-15-9-8-14(16-2)12-6-4-5-7-13(12)15/h4-9H,3,10-11H2,1-2H3. The zero-order valence-electron chi connectivity index (χ0n) is 10.8. The first-order valence-electron chi connectivity index (χ1n) is 6.13. The van der Waals surface area contributed by atoms with E-state index in [1.54, 1.807) is 7.11 Å². The zero-order valence-corrected chi connectivity index (χ0v) is 11.6. The number of benzene rings is 2. The molecule has 3 heteroatoms. The Bertz CT molecular complexity index is 511. The van der Waals surface area contributed by atoms with Crippen molar-refractivity contribution in [2.75, 3.05) is 26.1 Å². The fourth-order valence-electron chi connectivity index (χ4n) is 1.90. The Morgan fingerprint density at radius 3 is 2.56 bits per heavy atom. The van der Waals surface area contributed by atoms with Crippen LogP contribution in [0.25, 0.3) is 10.8 Å². The molecule has 0 atom stereocenters. The van der Waals surface area contributed by atoms with Crippen LogP contribution in [0.1, 0.15) is 6.92 Å². The molecule has 0 saturated carbocycles. The van der Waals surface area contributed by atoms with Crippen LogP contribution in [0.2, 0.25) is 0 Å². The Hall–Kier alpha value is -1.19. The number of rotatable bonds is 6. The van der Waals surface area contributed by atoms with Crippen LogP contribution in [-0.4, -0.2) is 26.1 Å². The Kier molecular flexibility index (Phi) is 4.90. The summed E-state index contributed by atoms with van der Waals surface area (Å²) < 4.78 is 10.8. The molecule has 2 nitrogen and oxygen atoms in total. The number of ether oxygens (including phenoxy) is 2. The maximum atomic E-state index is 5.39. The SMILES string of the molecule is CCOCCSc1ccc(OC)c2ccccc12. The van der Waals surface area contributed by atoms with E-state index in [2.05, 4.69) is 24.3 Å². The van der Waals surface area contributed by atoms with Crippen LogP contribution in [0, 0.1) is 0 Å². The molecule has 0 fully saturated rings. The van der Waals surface area contributed by atoms with E-state index in [-0.39, 0.29) is 0 Å². The lowest BCUT2D eigenvalue weighted by Gasteiger charge is -2.10. The van der Waals surface area contributed by atoms with Crippen molar-refractivity contribution >= 4 is 22.5 Å². The summed E-state index contributed by atoms with van der Waals surface area (Å²) in [5, 5.41) is 2.42. The number of methoxy groups -OCH3 is 1. The predicted molar refractivity (Wildman–Crippen MR) is 77.7 cm³/mol. The van der Waals surface area contributed by atoms with Crippen molar-refractivity contribution in [1.82, 2.24) is 0 Å². The van der Waals surface area contributed by atoms with Crippen molar-refractivity contribution in [3.63, 3.8) is 0 Å². The molecular formula is C15H18O2S. The normalized spacial score (nSPS) is 10.8. The summed E-state index contributed by atoms with van der Waals surface area (Å²) in [5.41, 5.74) is 0. The zero-order chi connectivity index (χ0) is 12.8. The average Bonchev–Trinajstić information content (AvgIpc) is 2.43. The van der Waals surface area contributed by atoms with Crippen LogP contribution < -0.4 is 4.74 Å². The van der Waals surface area contributed by atoms with Crippen molar-refractivity contribution < 1.29 is 9.47 Å². The summed E-state index contributed by atoms with van der Waals surface area (Å²) in [4.78, 5) is 1.28. The van der Waals surface area contributed by atoms with E-state index < -0.39 is 0 Å². The summed E-state index contributed by atoms with van der Waals surface area (Å²) in [6.45, 7) is 3.60. The molecule has 0 bridgehead atoms. The minimum absolute atomic E-state index is 0.782. The Labute approximate surface area is 112 Å². The van der Waals surface area contributed by atoms with Gasteiger partial charge < -0.3 is 9.47 Å². The maximum Gasteiger partial charge on any atom is 0.126 e. The summed E-state index contributed by atoms with van der Waals surface area (Å²) in [7, 11) is 1.71. The molecule has 0 radical (unpaired) electrons. The van der Waals surface area contributed by atoms with Crippen LogP contribution in [-0.2, 0) is 4.74 Å². The molecule has 2 aromatic carbocycles. The van der Waals surface area contributed by atoms with Gasteiger partial charge in [0.25, 0.3) is 0 Å². The third-order valence-corrected chi connectivity index (χ3v) is 3.79. The van der Waals surface area contributed by atoms with Crippen molar-refractivity contribution in [2.45, 2.75) is 11.8 Å². The van der Waals surface area contributed by atoms with Crippen LogP contribution in [0.4, 0.5) is 0 Å². The minimum atomic E-state index is 0.782. The highest BCUT2D eigenvalue weighted by atomic mass is 32.2. The molecule has 0 amide bonds. The highest BCUT2D eigenvalue weighted by Crippen LogP contribution is 2.33.